The van der Waals surface area contributed by atoms with Gasteiger partial charge in [-0.1, -0.05) is 12.8 Å². The lowest BCUT2D eigenvalue weighted by atomic mass is 9.77. The molecule has 2 aliphatic heterocycles. The topological polar surface area (TPSA) is 126 Å². The molecule has 0 saturated carbocycles. The number of ether oxygens (including phenoxy) is 3. The lowest BCUT2D eigenvalue weighted by Crippen LogP contribution is -2.53. The summed E-state index contributed by atoms with van der Waals surface area (Å²) in [6.07, 6.45) is 1.70. The Morgan fingerprint density at radius 1 is 1.21 bits per heavy atom. The van der Waals surface area contributed by atoms with Crippen molar-refractivity contribution in [3.63, 3.8) is 0 Å². The Balaban J connectivity index is 0.00000364. The Kier molecular flexibility index (Phi) is 12.4. The maximum Gasteiger partial charge on any atom is 0.511 e. The van der Waals surface area contributed by atoms with Crippen LogP contribution in [-0.4, -0.2) is 66.9 Å². The van der Waals surface area contributed by atoms with Crippen LogP contribution in [0.25, 0.3) is 0 Å². The first-order valence-corrected chi connectivity index (χ1v) is 9.20. The number of halogens is 2. The summed E-state index contributed by atoms with van der Waals surface area (Å²) in [4.78, 5) is 24.2. The van der Waals surface area contributed by atoms with Gasteiger partial charge in [0, 0.05) is 18.5 Å². The minimum absolute atomic E-state index is 0. The number of nitrogens with one attached hydrogen (secondary N) is 2. The van der Waals surface area contributed by atoms with Gasteiger partial charge < -0.3 is 34.9 Å². The molecule has 0 aliphatic carbocycles. The van der Waals surface area contributed by atoms with Crippen LogP contribution in [0, 0.1) is 5.92 Å². The molecule has 9 nitrogen and oxygen atoms in total. The monoisotopic (exact) mass is 444 g/mol. The Morgan fingerprint density at radius 3 is 2.57 bits per heavy atom. The third-order valence-electron chi connectivity index (χ3n) is 4.96. The summed E-state index contributed by atoms with van der Waals surface area (Å²) in [6.45, 7) is 4.41. The van der Waals surface area contributed by atoms with Gasteiger partial charge in [0.25, 0.3) is 0 Å². The summed E-state index contributed by atoms with van der Waals surface area (Å²) in [6, 6.07) is 0.206. The highest BCUT2D eigenvalue weighted by molar-refractivity contribution is 6.40. The fourth-order valence-electron chi connectivity index (χ4n) is 3.81. The van der Waals surface area contributed by atoms with E-state index in [-0.39, 0.29) is 49.2 Å². The first-order valence-electron chi connectivity index (χ1n) is 9.20. The van der Waals surface area contributed by atoms with Crippen LogP contribution in [0.4, 0.5) is 4.79 Å². The summed E-state index contributed by atoms with van der Waals surface area (Å²) in [5.41, 5.74) is -0.847. The third-order valence-corrected chi connectivity index (χ3v) is 4.96. The minimum atomic E-state index is -1.34. The predicted octanol–water partition coefficient (Wildman–Crippen LogP) is 0.855. The lowest BCUT2D eigenvalue weighted by molar-refractivity contribution is -0.163. The van der Waals surface area contributed by atoms with E-state index in [4.69, 9.17) is 24.3 Å². The largest absolute Gasteiger partial charge is 0.511 e. The van der Waals surface area contributed by atoms with Crippen molar-refractivity contribution < 1.29 is 33.8 Å². The third kappa shape index (κ3) is 7.24. The fourth-order valence-corrected chi connectivity index (χ4v) is 3.81. The van der Waals surface area contributed by atoms with Crippen LogP contribution in [0.5, 0.6) is 0 Å². The van der Waals surface area contributed by atoms with E-state index in [0.29, 0.717) is 25.8 Å². The minimum Gasteiger partial charge on any atom is -0.431 e. The number of carbonyl (C=O) groups excluding carboxylic acids is 2. The van der Waals surface area contributed by atoms with Gasteiger partial charge >= 0.3 is 19.2 Å². The van der Waals surface area contributed by atoms with Crippen molar-refractivity contribution in [1.29, 1.82) is 0 Å². The molecule has 2 heterocycles. The van der Waals surface area contributed by atoms with Gasteiger partial charge in [0.15, 0.2) is 0 Å². The van der Waals surface area contributed by atoms with E-state index in [0.717, 1.165) is 13.0 Å². The molecular formula is C16H31BCl2N2O7. The second-order valence-corrected chi connectivity index (χ2v) is 7.15. The molecule has 12 heteroatoms. The second-order valence-electron chi connectivity index (χ2n) is 7.15. The number of rotatable bonds is 9. The number of fused-ring (bicyclic) bond motifs is 1. The maximum atomic E-state index is 12.8. The molecule has 0 spiro atoms. The normalized spacial score (nSPS) is 25.3. The van der Waals surface area contributed by atoms with E-state index in [1.54, 1.807) is 13.8 Å². The van der Waals surface area contributed by atoms with Crippen LogP contribution in [0.1, 0.15) is 39.5 Å². The zero-order chi connectivity index (χ0) is 19.2. The van der Waals surface area contributed by atoms with Crippen LogP contribution >= 0.6 is 24.8 Å². The lowest BCUT2D eigenvalue weighted by Gasteiger charge is -2.32. The van der Waals surface area contributed by atoms with Gasteiger partial charge in [-0.05, 0) is 39.6 Å². The van der Waals surface area contributed by atoms with E-state index >= 15 is 0 Å². The molecule has 0 bridgehead atoms. The molecule has 2 saturated heterocycles. The molecule has 3 atom stereocenters. The average molecular weight is 445 g/mol. The van der Waals surface area contributed by atoms with E-state index in [1.807, 2.05) is 0 Å². The van der Waals surface area contributed by atoms with Gasteiger partial charge in [-0.2, -0.15) is 0 Å². The van der Waals surface area contributed by atoms with Crippen LogP contribution in [-0.2, 0) is 19.0 Å². The molecule has 0 aromatic rings. The van der Waals surface area contributed by atoms with Crippen molar-refractivity contribution >= 4 is 44.1 Å². The van der Waals surface area contributed by atoms with Gasteiger partial charge in [0.2, 0.25) is 6.79 Å². The highest BCUT2D eigenvalue weighted by atomic mass is 35.5. The molecule has 164 valence electrons. The Hall–Kier alpha value is -0.775. The van der Waals surface area contributed by atoms with E-state index < -0.39 is 31.6 Å². The van der Waals surface area contributed by atoms with E-state index in [1.165, 1.54) is 0 Å². The Morgan fingerprint density at radius 2 is 1.93 bits per heavy atom. The van der Waals surface area contributed by atoms with E-state index in [9.17, 15) is 9.59 Å². The molecule has 28 heavy (non-hydrogen) atoms. The fraction of sp³-hybridized carbons (Fsp3) is 0.875. The average Bonchev–Trinajstić information content (AvgIpc) is 3.14. The molecule has 0 amide bonds. The molecule has 2 aliphatic rings. The van der Waals surface area contributed by atoms with Crippen molar-refractivity contribution in [3.8, 4) is 0 Å². The van der Waals surface area contributed by atoms with Crippen molar-refractivity contribution in [2.45, 2.75) is 63.5 Å². The first kappa shape index (κ1) is 27.2. The maximum absolute atomic E-state index is 12.8. The zero-order valence-electron chi connectivity index (χ0n) is 16.2. The first-order chi connectivity index (χ1) is 12.3. The van der Waals surface area contributed by atoms with Crippen LogP contribution in [0.2, 0.25) is 6.32 Å². The molecule has 0 radical (unpaired) electrons. The van der Waals surface area contributed by atoms with Crippen LogP contribution in [0.15, 0.2) is 0 Å². The number of hydrogen-bond donors (Lipinski definition) is 4. The number of hydrogen-bond acceptors (Lipinski definition) is 9. The molecule has 0 unspecified atom stereocenters. The van der Waals surface area contributed by atoms with Gasteiger partial charge in [0.1, 0.15) is 5.54 Å². The van der Waals surface area contributed by atoms with Crippen molar-refractivity contribution in [1.82, 2.24) is 10.6 Å². The Labute approximate surface area is 178 Å². The van der Waals surface area contributed by atoms with Crippen LogP contribution in [0.3, 0.4) is 0 Å². The van der Waals surface area contributed by atoms with Gasteiger partial charge in [-0.3, -0.25) is 0 Å². The number of carbonyl (C=O) groups is 2. The molecule has 0 aromatic carbocycles. The number of unbranched alkanes of at least 4 members (excludes halogenated alkanes) is 1. The van der Waals surface area contributed by atoms with Gasteiger partial charge in [-0.25, -0.2) is 9.59 Å². The SMILES string of the molecule is CC(C)OC(=O)OCOC(=O)[C@]1(CCCCB(O)O)NC[C@@H]2NCC[C@@H]21.Cl.Cl. The summed E-state index contributed by atoms with van der Waals surface area (Å²) in [5, 5.41) is 24.6. The molecule has 2 rings (SSSR count). The molecule has 2 fully saturated rings. The standard InChI is InChI=1S/C16H29BN2O7.2ClH/c1-11(2)26-15(21)25-10-24-14(20)16(6-3-4-7-17(22)23)12-5-8-18-13(12)9-19-16;;/h11-13,18-19,22-23H,3-10H2,1-2H3;2*1H/t12-,13-,16+;;/m0../s1. The second kappa shape index (κ2) is 12.7. The quantitative estimate of drug-likeness (QED) is 0.177. The number of esters is 1. The highest BCUT2D eigenvalue weighted by Gasteiger charge is 2.55. The molecule has 0 aromatic heterocycles. The van der Waals surface area contributed by atoms with Crippen molar-refractivity contribution in [2.24, 2.45) is 5.92 Å². The summed E-state index contributed by atoms with van der Waals surface area (Å²) in [5.74, 6) is -0.354. The summed E-state index contributed by atoms with van der Waals surface area (Å²) in [7, 11) is -1.34. The molecular weight excluding hydrogens is 414 g/mol. The van der Waals surface area contributed by atoms with Gasteiger partial charge in [-0.15, -0.1) is 24.8 Å². The smallest absolute Gasteiger partial charge is 0.431 e. The summed E-state index contributed by atoms with van der Waals surface area (Å²) >= 11 is 0. The van der Waals surface area contributed by atoms with Crippen molar-refractivity contribution in [3.05, 3.63) is 0 Å². The highest BCUT2D eigenvalue weighted by Crippen LogP contribution is 2.38. The van der Waals surface area contributed by atoms with Crippen LogP contribution < -0.4 is 10.6 Å². The predicted molar refractivity (Wildman–Crippen MR) is 108 cm³/mol. The molecule has 4 N–H and O–H groups in total. The Bertz CT molecular complexity index is 502. The zero-order valence-corrected chi connectivity index (χ0v) is 17.9. The van der Waals surface area contributed by atoms with Crippen molar-refractivity contribution in [2.75, 3.05) is 19.9 Å². The van der Waals surface area contributed by atoms with Gasteiger partial charge in [0.05, 0.1) is 6.10 Å². The van der Waals surface area contributed by atoms with E-state index in [2.05, 4.69) is 10.6 Å². The summed E-state index contributed by atoms with van der Waals surface area (Å²) < 4.78 is 14.8.